The zero-order chi connectivity index (χ0) is 25.3. The van der Waals surface area contributed by atoms with E-state index in [1.165, 1.54) is 24.1 Å². The first kappa shape index (κ1) is 24.6. The summed E-state index contributed by atoms with van der Waals surface area (Å²) < 4.78 is 10.9. The van der Waals surface area contributed by atoms with Crippen molar-refractivity contribution in [2.24, 2.45) is 0 Å². The first-order chi connectivity index (χ1) is 16.8. The molecule has 8 heteroatoms. The number of halogens is 2. The molecule has 3 aromatic rings. The van der Waals surface area contributed by atoms with Gasteiger partial charge in [-0.3, -0.25) is 14.5 Å². The average molecular weight is 512 g/mol. The van der Waals surface area contributed by atoms with Gasteiger partial charge >= 0.3 is 0 Å². The molecule has 4 rings (SSSR count). The summed E-state index contributed by atoms with van der Waals surface area (Å²) in [5, 5.41) is 11.8. The van der Waals surface area contributed by atoms with Gasteiger partial charge in [0.25, 0.3) is 11.7 Å². The fourth-order valence-corrected chi connectivity index (χ4v) is 4.82. The van der Waals surface area contributed by atoms with Gasteiger partial charge in [0.05, 0.1) is 35.9 Å². The SMILES string of the molecule is CCOc1ccc(N2C(=O)C(=O)/C(=C(/O)c3cc(Cl)cc(Cl)c3OC)C2c2ccccc2C)cc1. The quantitative estimate of drug-likeness (QED) is 0.237. The van der Waals surface area contributed by atoms with E-state index in [0.717, 1.165) is 5.56 Å². The Morgan fingerprint density at radius 2 is 1.74 bits per heavy atom. The Morgan fingerprint density at radius 1 is 1.06 bits per heavy atom. The molecule has 0 saturated carbocycles. The molecule has 0 radical (unpaired) electrons. The number of ketones is 1. The standard InChI is InChI=1S/C27H23Cl2NO5/c1-4-35-18-11-9-17(10-12-18)30-23(19-8-6-5-7-15(19)2)22(25(32)27(30)33)24(31)20-13-16(28)14-21(29)26(20)34-3/h5-14,23,31H,4H2,1-3H3/b24-22+. The number of aliphatic hydroxyl groups excluding tert-OH is 1. The fourth-order valence-electron chi connectivity index (χ4n) is 4.25. The van der Waals surface area contributed by atoms with Crippen LogP contribution in [0.3, 0.4) is 0 Å². The van der Waals surface area contributed by atoms with Gasteiger partial charge in [-0.2, -0.15) is 0 Å². The van der Waals surface area contributed by atoms with Crippen LogP contribution in [0.4, 0.5) is 5.69 Å². The van der Waals surface area contributed by atoms with E-state index in [4.69, 9.17) is 32.7 Å². The molecule has 1 unspecified atom stereocenters. The molecule has 1 N–H and O–H groups in total. The third-order valence-electron chi connectivity index (χ3n) is 5.82. The van der Waals surface area contributed by atoms with Crippen LogP contribution in [-0.2, 0) is 9.59 Å². The van der Waals surface area contributed by atoms with Crippen LogP contribution in [-0.4, -0.2) is 30.5 Å². The maximum absolute atomic E-state index is 13.4. The molecular weight excluding hydrogens is 489 g/mol. The van der Waals surface area contributed by atoms with Crippen LogP contribution in [0, 0.1) is 6.92 Å². The number of benzene rings is 3. The molecule has 35 heavy (non-hydrogen) atoms. The fraction of sp³-hybridized carbons (Fsp3) is 0.185. The highest BCUT2D eigenvalue weighted by Gasteiger charge is 2.47. The molecule has 1 aliphatic rings. The molecule has 3 aromatic carbocycles. The molecule has 0 aliphatic carbocycles. The van der Waals surface area contributed by atoms with Gasteiger partial charge in [-0.1, -0.05) is 47.5 Å². The number of amides is 1. The van der Waals surface area contributed by atoms with Gasteiger partial charge in [0.1, 0.15) is 17.3 Å². The van der Waals surface area contributed by atoms with Gasteiger partial charge < -0.3 is 14.6 Å². The summed E-state index contributed by atoms with van der Waals surface area (Å²) in [5.41, 5.74) is 2.05. The van der Waals surface area contributed by atoms with Crippen molar-refractivity contribution in [2.75, 3.05) is 18.6 Å². The maximum Gasteiger partial charge on any atom is 0.300 e. The van der Waals surface area contributed by atoms with Crippen molar-refractivity contribution >= 4 is 46.3 Å². The van der Waals surface area contributed by atoms with Crippen LogP contribution in [0.25, 0.3) is 5.76 Å². The largest absolute Gasteiger partial charge is 0.507 e. The Bertz CT molecular complexity index is 1330. The number of nitrogens with zero attached hydrogens (tertiary/aromatic N) is 1. The summed E-state index contributed by atoms with van der Waals surface area (Å²) in [7, 11) is 1.39. The average Bonchev–Trinajstić information content (AvgIpc) is 3.09. The van der Waals surface area contributed by atoms with Gasteiger partial charge in [0, 0.05) is 10.7 Å². The van der Waals surface area contributed by atoms with Crippen LogP contribution < -0.4 is 14.4 Å². The first-order valence-electron chi connectivity index (χ1n) is 10.9. The van der Waals surface area contributed by atoms with E-state index in [-0.39, 0.29) is 26.9 Å². The molecule has 0 aromatic heterocycles. The van der Waals surface area contributed by atoms with E-state index in [0.29, 0.717) is 23.6 Å². The maximum atomic E-state index is 13.4. The van der Waals surface area contributed by atoms with Crippen molar-refractivity contribution in [3.8, 4) is 11.5 Å². The summed E-state index contributed by atoms with van der Waals surface area (Å²) >= 11 is 12.5. The highest BCUT2D eigenvalue weighted by atomic mass is 35.5. The third kappa shape index (κ3) is 4.47. The molecule has 0 bridgehead atoms. The number of methoxy groups -OCH3 is 1. The van der Waals surface area contributed by atoms with Crippen molar-refractivity contribution < 1.29 is 24.2 Å². The molecular formula is C27H23Cl2NO5. The molecule has 1 saturated heterocycles. The van der Waals surface area contributed by atoms with E-state index >= 15 is 0 Å². The van der Waals surface area contributed by atoms with Crippen LogP contribution in [0.2, 0.25) is 10.0 Å². The highest BCUT2D eigenvalue weighted by molar-refractivity contribution is 6.52. The van der Waals surface area contributed by atoms with E-state index in [2.05, 4.69) is 0 Å². The number of Topliss-reactive ketones (excluding diaryl/α,β-unsaturated/α-hetero) is 1. The minimum atomic E-state index is -0.892. The van der Waals surface area contributed by atoms with Gasteiger partial charge in [-0.25, -0.2) is 0 Å². The minimum Gasteiger partial charge on any atom is -0.507 e. The zero-order valence-electron chi connectivity index (χ0n) is 19.3. The predicted molar refractivity (Wildman–Crippen MR) is 137 cm³/mol. The van der Waals surface area contributed by atoms with Crippen molar-refractivity contribution in [3.05, 3.63) is 93.0 Å². The van der Waals surface area contributed by atoms with E-state index in [1.54, 1.807) is 24.3 Å². The molecule has 6 nitrogen and oxygen atoms in total. The Balaban J connectivity index is 1.97. The lowest BCUT2D eigenvalue weighted by molar-refractivity contribution is -0.132. The number of ether oxygens (including phenoxy) is 2. The van der Waals surface area contributed by atoms with Gasteiger partial charge in [-0.15, -0.1) is 0 Å². The lowest BCUT2D eigenvalue weighted by Crippen LogP contribution is -2.29. The number of carbonyl (C=O) groups excluding carboxylic acids is 2. The molecule has 1 fully saturated rings. The lowest BCUT2D eigenvalue weighted by Gasteiger charge is -2.27. The van der Waals surface area contributed by atoms with Crippen LogP contribution in [0.5, 0.6) is 11.5 Å². The normalized spacial score (nSPS) is 17.1. The monoisotopic (exact) mass is 511 g/mol. The number of hydrogen-bond acceptors (Lipinski definition) is 5. The Kier molecular flexibility index (Phi) is 7.05. The van der Waals surface area contributed by atoms with Gasteiger partial charge in [0.2, 0.25) is 0 Å². The van der Waals surface area contributed by atoms with Crippen LogP contribution >= 0.6 is 23.2 Å². The lowest BCUT2D eigenvalue weighted by atomic mass is 9.92. The van der Waals surface area contributed by atoms with Crippen LogP contribution in [0.1, 0.15) is 29.7 Å². The van der Waals surface area contributed by atoms with Crippen molar-refractivity contribution in [1.82, 2.24) is 0 Å². The molecule has 1 atom stereocenters. The smallest absolute Gasteiger partial charge is 0.300 e. The molecule has 180 valence electrons. The third-order valence-corrected chi connectivity index (χ3v) is 6.32. The number of carbonyl (C=O) groups is 2. The van der Waals surface area contributed by atoms with E-state index < -0.39 is 23.5 Å². The second kappa shape index (κ2) is 10.0. The van der Waals surface area contributed by atoms with Crippen molar-refractivity contribution in [2.45, 2.75) is 19.9 Å². The van der Waals surface area contributed by atoms with Gasteiger partial charge in [-0.05, 0) is 61.4 Å². The number of aryl methyl sites for hydroxylation is 1. The molecule has 1 aliphatic heterocycles. The highest BCUT2D eigenvalue weighted by Crippen LogP contribution is 2.45. The number of anilines is 1. The number of hydrogen-bond donors (Lipinski definition) is 1. The molecule has 1 heterocycles. The second-order valence-corrected chi connectivity index (χ2v) is 8.76. The molecule has 0 spiro atoms. The van der Waals surface area contributed by atoms with E-state index in [9.17, 15) is 14.7 Å². The Labute approximate surface area is 213 Å². The minimum absolute atomic E-state index is 0.0881. The number of rotatable bonds is 6. The van der Waals surface area contributed by atoms with Crippen molar-refractivity contribution in [3.63, 3.8) is 0 Å². The van der Waals surface area contributed by atoms with E-state index in [1.807, 2.05) is 38.1 Å². The Hall–Kier alpha value is -3.48. The summed E-state index contributed by atoms with van der Waals surface area (Å²) in [6.07, 6.45) is 0. The first-order valence-corrected chi connectivity index (χ1v) is 11.7. The topological polar surface area (TPSA) is 76.1 Å². The molecule has 1 amide bonds. The van der Waals surface area contributed by atoms with Crippen molar-refractivity contribution in [1.29, 1.82) is 0 Å². The zero-order valence-corrected chi connectivity index (χ0v) is 20.9. The number of aliphatic hydroxyl groups is 1. The summed E-state index contributed by atoms with van der Waals surface area (Å²) in [6.45, 7) is 4.25. The second-order valence-electron chi connectivity index (χ2n) is 7.92. The summed E-state index contributed by atoms with van der Waals surface area (Å²) in [6, 6.07) is 16.3. The Morgan fingerprint density at radius 3 is 2.37 bits per heavy atom. The summed E-state index contributed by atoms with van der Waals surface area (Å²) in [4.78, 5) is 28.1. The predicted octanol–water partition coefficient (Wildman–Crippen LogP) is 6.34. The van der Waals surface area contributed by atoms with Crippen LogP contribution in [0.15, 0.2) is 66.2 Å². The summed E-state index contributed by atoms with van der Waals surface area (Å²) in [5.74, 6) is -1.24. The van der Waals surface area contributed by atoms with Gasteiger partial charge in [0.15, 0.2) is 0 Å².